The maximum atomic E-state index is 13.2. The van der Waals surface area contributed by atoms with Crippen LogP contribution in [-0.2, 0) is 11.0 Å². The van der Waals surface area contributed by atoms with Gasteiger partial charge in [-0.2, -0.15) is 13.2 Å². The minimum atomic E-state index is -4.47. The molecule has 0 aromatic heterocycles. The molecule has 0 spiro atoms. The first kappa shape index (κ1) is 23.6. The first-order chi connectivity index (χ1) is 15.3. The Kier molecular flexibility index (Phi) is 7.52. The second-order valence-corrected chi connectivity index (χ2v) is 9.54. The largest absolute Gasteiger partial charge is 0.417 e. The van der Waals surface area contributed by atoms with Crippen molar-refractivity contribution in [1.29, 1.82) is 0 Å². The highest BCUT2D eigenvalue weighted by molar-refractivity contribution is 6.31. The fourth-order valence-corrected chi connectivity index (χ4v) is 5.39. The molecule has 4 rings (SSSR count). The Hall–Kier alpha value is -1.51. The summed E-state index contributed by atoms with van der Waals surface area (Å²) >= 11 is 5.74. The van der Waals surface area contributed by atoms with Gasteiger partial charge >= 0.3 is 6.18 Å². The van der Waals surface area contributed by atoms with Gasteiger partial charge in [-0.15, -0.1) is 0 Å². The Morgan fingerprint density at radius 3 is 2.22 bits per heavy atom. The topological polar surface area (TPSA) is 30.0 Å². The van der Waals surface area contributed by atoms with E-state index in [1.807, 2.05) is 9.80 Å². The van der Waals surface area contributed by atoms with Crippen molar-refractivity contribution in [1.82, 2.24) is 14.7 Å². The summed E-state index contributed by atoms with van der Waals surface area (Å²) in [5, 5.41) is -0.283. The standard InChI is InChI=1S/C23H32ClF3N4O/c24-21-7-6-19(16-20(21)23(25,26)27)30-10-8-28(9-11-30)17-22(32)31-14-12-29(13-15-31)18-4-2-1-3-5-18/h6-7,16,18H,1-5,8-15,17H2. The Morgan fingerprint density at radius 1 is 0.938 bits per heavy atom. The minimum Gasteiger partial charge on any atom is -0.369 e. The third-order valence-corrected chi connectivity index (χ3v) is 7.44. The van der Waals surface area contributed by atoms with E-state index in [4.69, 9.17) is 11.6 Å². The lowest BCUT2D eigenvalue weighted by molar-refractivity contribution is -0.137. The second-order valence-electron chi connectivity index (χ2n) is 9.13. The van der Waals surface area contributed by atoms with Crippen LogP contribution < -0.4 is 4.90 Å². The quantitative estimate of drug-likeness (QED) is 0.663. The number of hydrogen-bond donors (Lipinski definition) is 0. The molecule has 3 aliphatic rings. The zero-order valence-corrected chi connectivity index (χ0v) is 19.2. The van der Waals surface area contributed by atoms with Gasteiger partial charge in [0.1, 0.15) is 0 Å². The van der Waals surface area contributed by atoms with Crippen LogP contribution in [0.1, 0.15) is 37.7 Å². The molecule has 178 valence electrons. The molecule has 1 amide bonds. The molecular formula is C23H32ClF3N4O. The van der Waals surface area contributed by atoms with Gasteiger partial charge in [0.05, 0.1) is 17.1 Å². The molecule has 32 heavy (non-hydrogen) atoms. The van der Waals surface area contributed by atoms with Crippen LogP contribution in [0.5, 0.6) is 0 Å². The van der Waals surface area contributed by atoms with Crippen molar-refractivity contribution in [2.24, 2.45) is 0 Å². The number of benzene rings is 1. The monoisotopic (exact) mass is 472 g/mol. The fraction of sp³-hybridized carbons (Fsp3) is 0.696. The smallest absolute Gasteiger partial charge is 0.369 e. The van der Waals surface area contributed by atoms with Gasteiger partial charge in [0, 0.05) is 64.1 Å². The van der Waals surface area contributed by atoms with Gasteiger partial charge < -0.3 is 9.80 Å². The molecule has 0 N–H and O–H groups in total. The van der Waals surface area contributed by atoms with Gasteiger partial charge in [0.25, 0.3) is 0 Å². The van der Waals surface area contributed by atoms with E-state index in [9.17, 15) is 18.0 Å². The Labute approximate surface area is 193 Å². The number of halogens is 4. The Balaban J connectivity index is 1.23. The molecule has 1 saturated carbocycles. The van der Waals surface area contributed by atoms with Gasteiger partial charge in [0.2, 0.25) is 5.91 Å². The lowest BCUT2D eigenvalue weighted by atomic mass is 9.94. The van der Waals surface area contributed by atoms with Crippen LogP contribution in [0, 0.1) is 0 Å². The van der Waals surface area contributed by atoms with Crippen molar-refractivity contribution in [3.8, 4) is 0 Å². The number of carbonyl (C=O) groups is 1. The molecule has 3 fully saturated rings. The molecule has 5 nitrogen and oxygen atoms in total. The number of anilines is 1. The average Bonchev–Trinajstić information content (AvgIpc) is 2.80. The number of alkyl halides is 3. The molecule has 2 heterocycles. The molecule has 9 heteroatoms. The lowest BCUT2D eigenvalue weighted by Gasteiger charge is -2.41. The number of carbonyl (C=O) groups excluding carboxylic acids is 1. The minimum absolute atomic E-state index is 0.160. The van der Waals surface area contributed by atoms with Crippen LogP contribution in [0.3, 0.4) is 0 Å². The van der Waals surface area contributed by atoms with Crippen LogP contribution in [-0.4, -0.2) is 85.6 Å². The molecule has 1 aromatic rings. The van der Waals surface area contributed by atoms with Crippen LogP contribution in [0.2, 0.25) is 5.02 Å². The van der Waals surface area contributed by atoms with Gasteiger partial charge in [-0.25, -0.2) is 0 Å². The second kappa shape index (κ2) is 10.2. The van der Waals surface area contributed by atoms with Crippen molar-refractivity contribution >= 4 is 23.2 Å². The summed E-state index contributed by atoms with van der Waals surface area (Å²) < 4.78 is 39.5. The van der Waals surface area contributed by atoms with Crippen molar-refractivity contribution in [2.45, 2.75) is 44.3 Å². The van der Waals surface area contributed by atoms with Crippen LogP contribution in [0.25, 0.3) is 0 Å². The van der Waals surface area contributed by atoms with Gasteiger partial charge in [-0.1, -0.05) is 30.9 Å². The number of amides is 1. The van der Waals surface area contributed by atoms with Crippen molar-refractivity contribution in [3.05, 3.63) is 28.8 Å². The summed E-state index contributed by atoms with van der Waals surface area (Å²) in [6, 6.07) is 4.75. The highest BCUT2D eigenvalue weighted by Gasteiger charge is 2.34. The number of rotatable bonds is 4. The summed E-state index contributed by atoms with van der Waals surface area (Å²) in [5.74, 6) is 0.160. The van der Waals surface area contributed by atoms with Gasteiger partial charge in [-0.05, 0) is 31.0 Å². The average molecular weight is 473 g/mol. The van der Waals surface area contributed by atoms with Gasteiger partial charge in [0.15, 0.2) is 0 Å². The van der Waals surface area contributed by atoms with Crippen LogP contribution in [0.4, 0.5) is 18.9 Å². The first-order valence-corrected chi connectivity index (χ1v) is 12.0. The molecule has 0 bridgehead atoms. The van der Waals surface area contributed by atoms with Crippen LogP contribution >= 0.6 is 11.6 Å². The molecule has 0 atom stereocenters. The third-order valence-electron chi connectivity index (χ3n) is 7.11. The number of hydrogen-bond acceptors (Lipinski definition) is 4. The summed E-state index contributed by atoms with van der Waals surface area (Å²) in [6.45, 7) is 6.36. The molecule has 2 aliphatic heterocycles. The Bertz CT molecular complexity index is 784. The summed E-state index contributed by atoms with van der Waals surface area (Å²) in [6.07, 6.45) is 2.10. The summed E-state index contributed by atoms with van der Waals surface area (Å²) in [4.78, 5) is 21.4. The highest BCUT2D eigenvalue weighted by Crippen LogP contribution is 2.37. The van der Waals surface area contributed by atoms with Crippen molar-refractivity contribution in [2.75, 3.05) is 63.8 Å². The zero-order valence-electron chi connectivity index (χ0n) is 18.4. The Morgan fingerprint density at radius 2 is 1.59 bits per heavy atom. The summed E-state index contributed by atoms with van der Waals surface area (Å²) in [5.41, 5.74) is -0.284. The van der Waals surface area contributed by atoms with E-state index in [0.29, 0.717) is 44.5 Å². The maximum Gasteiger partial charge on any atom is 0.417 e. The number of nitrogens with zero attached hydrogens (tertiary/aromatic N) is 4. The molecule has 0 radical (unpaired) electrons. The fourth-order valence-electron chi connectivity index (χ4n) is 5.17. The van der Waals surface area contributed by atoms with E-state index in [1.165, 1.54) is 38.2 Å². The van der Waals surface area contributed by atoms with E-state index >= 15 is 0 Å². The van der Waals surface area contributed by atoms with E-state index < -0.39 is 11.7 Å². The maximum absolute atomic E-state index is 13.2. The zero-order chi connectivity index (χ0) is 22.7. The van der Waals surface area contributed by atoms with E-state index in [0.717, 1.165) is 32.2 Å². The molecule has 1 aliphatic carbocycles. The molecule has 1 aromatic carbocycles. The van der Waals surface area contributed by atoms with Gasteiger partial charge in [-0.3, -0.25) is 14.6 Å². The molecule has 0 unspecified atom stereocenters. The predicted octanol–water partition coefficient (Wildman–Crippen LogP) is 3.96. The summed E-state index contributed by atoms with van der Waals surface area (Å²) in [7, 11) is 0. The highest BCUT2D eigenvalue weighted by atomic mass is 35.5. The van der Waals surface area contributed by atoms with Crippen molar-refractivity contribution < 1.29 is 18.0 Å². The SMILES string of the molecule is O=C(CN1CCN(c2ccc(Cl)c(C(F)(F)F)c2)CC1)N1CCN(C2CCCCC2)CC1. The first-order valence-electron chi connectivity index (χ1n) is 11.7. The third kappa shape index (κ3) is 5.69. The normalized spacial score (nSPS) is 22.4. The number of piperazine rings is 2. The van der Waals surface area contributed by atoms with Crippen LogP contribution in [0.15, 0.2) is 18.2 Å². The predicted molar refractivity (Wildman–Crippen MR) is 120 cm³/mol. The van der Waals surface area contributed by atoms with Crippen molar-refractivity contribution in [3.63, 3.8) is 0 Å². The van der Waals surface area contributed by atoms with E-state index in [2.05, 4.69) is 9.80 Å². The lowest BCUT2D eigenvalue weighted by Crippen LogP contribution is -2.55. The van der Waals surface area contributed by atoms with E-state index in [1.54, 1.807) is 6.07 Å². The molecular weight excluding hydrogens is 441 g/mol. The van der Waals surface area contributed by atoms with E-state index in [-0.39, 0.29) is 10.9 Å². The molecule has 2 saturated heterocycles.